The molecule has 2 aromatic rings. The molecule has 20 heavy (non-hydrogen) atoms. The van der Waals surface area contributed by atoms with Gasteiger partial charge in [-0.05, 0) is 30.5 Å². The molecule has 0 bridgehead atoms. The first-order valence-corrected chi connectivity index (χ1v) is 7.12. The Bertz CT molecular complexity index is 634. The molecule has 0 radical (unpaired) electrons. The summed E-state index contributed by atoms with van der Waals surface area (Å²) in [5, 5.41) is 0. The molecule has 1 aliphatic heterocycles. The van der Waals surface area contributed by atoms with Gasteiger partial charge < -0.3 is 4.74 Å². The summed E-state index contributed by atoms with van der Waals surface area (Å²) in [4.78, 5) is 0. The Labute approximate surface area is 120 Å². The average molecular weight is 262 g/mol. The monoisotopic (exact) mass is 262 g/mol. The number of hydrogen-bond donors (Lipinski definition) is 0. The lowest BCUT2D eigenvalue weighted by Crippen LogP contribution is -1.89. The quantitative estimate of drug-likeness (QED) is 0.598. The first-order chi connectivity index (χ1) is 9.84. The van der Waals surface area contributed by atoms with E-state index in [0.29, 0.717) is 6.10 Å². The van der Waals surface area contributed by atoms with Crippen LogP contribution in [0.1, 0.15) is 36.1 Å². The molecule has 0 amide bonds. The molecule has 0 spiro atoms. The van der Waals surface area contributed by atoms with Crippen molar-refractivity contribution in [3.8, 4) is 11.8 Å². The number of aryl methyl sites for hydroxylation is 1. The molecule has 1 aliphatic rings. The zero-order valence-corrected chi connectivity index (χ0v) is 11.7. The molecule has 3 rings (SSSR count). The van der Waals surface area contributed by atoms with Crippen LogP contribution in [0.2, 0.25) is 0 Å². The largest absolute Gasteiger partial charge is 0.365 e. The van der Waals surface area contributed by atoms with E-state index in [4.69, 9.17) is 4.74 Å². The zero-order valence-electron chi connectivity index (χ0n) is 11.7. The summed E-state index contributed by atoms with van der Waals surface area (Å²) < 4.78 is 5.55. The molecule has 2 atom stereocenters. The van der Waals surface area contributed by atoms with Gasteiger partial charge in [0, 0.05) is 12.0 Å². The molecule has 0 aromatic heterocycles. The van der Waals surface area contributed by atoms with E-state index in [-0.39, 0.29) is 6.10 Å². The second-order valence-corrected chi connectivity index (χ2v) is 5.14. The zero-order chi connectivity index (χ0) is 13.8. The van der Waals surface area contributed by atoms with Crippen molar-refractivity contribution in [3.05, 3.63) is 71.3 Å². The van der Waals surface area contributed by atoms with Gasteiger partial charge in [0.05, 0.1) is 6.10 Å². The lowest BCUT2D eigenvalue weighted by Gasteiger charge is -1.99. The number of rotatable bonds is 3. The van der Waals surface area contributed by atoms with Gasteiger partial charge in [-0.15, -0.1) is 0 Å². The maximum Gasteiger partial charge on any atom is 0.110 e. The fourth-order valence-electron chi connectivity index (χ4n) is 2.38. The van der Waals surface area contributed by atoms with Gasteiger partial charge in [0.2, 0.25) is 0 Å². The molecule has 0 N–H and O–H groups in total. The van der Waals surface area contributed by atoms with E-state index >= 15 is 0 Å². The van der Waals surface area contributed by atoms with E-state index in [1.165, 1.54) is 11.1 Å². The van der Waals surface area contributed by atoms with E-state index in [9.17, 15) is 0 Å². The summed E-state index contributed by atoms with van der Waals surface area (Å²) in [5.74, 6) is 6.58. The Balaban J connectivity index is 1.65. The highest BCUT2D eigenvalue weighted by Crippen LogP contribution is 2.39. The third-order valence-electron chi connectivity index (χ3n) is 3.58. The molecule has 1 nitrogen and oxygen atoms in total. The predicted octanol–water partition coefficient (Wildman–Crippen LogP) is 4.13. The molecule has 1 heterocycles. The first-order valence-electron chi connectivity index (χ1n) is 7.12. The summed E-state index contributed by atoms with van der Waals surface area (Å²) in [7, 11) is 0. The van der Waals surface area contributed by atoms with E-state index in [1.54, 1.807) is 0 Å². The molecule has 2 aromatic carbocycles. The van der Waals surface area contributed by atoms with Crippen LogP contribution < -0.4 is 0 Å². The SMILES string of the molecule is CC1OC1c1ccccc1C#CCCc1ccccc1. The predicted molar refractivity (Wildman–Crippen MR) is 81.4 cm³/mol. The van der Waals surface area contributed by atoms with Crippen LogP contribution in [0.25, 0.3) is 0 Å². The summed E-state index contributed by atoms with van der Waals surface area (Å²) >= 11 is 0. The molecule has 1 heteroatoms. The molecular weight excluding hydrogens is 244 g/mol. The standard InChI is InChI=1S/C19H18O/c1-15-19(20-15)18-14-8-7-13-17(18)12-6-5-11-16-9-3-2-4-10-16/h2-4,7-10,13-15,19H,5,11H2,1H3. The van der Waals surface area contributed by atoms with Crippen molar-refractivity contribution >= 4 is 0 Å². The third-order valence-corrected chi connectivity index (χ3v) is 3.58. The van der Waals surface area contributed by atoms with Crippen LogP contribution in [0.3, 0.4) is 0 Å². The Morgan fingerprint density at radius 2 is 1.70 bits per heavy atom. The fraction of sp³-hybridized carbons (Fsp3) is 0.263. The van der Waals surface area contributed by atoms with Gasteiger partial charge in [-0.2, -0.15) is 0 Å². The maximum absolute atomic E-state index is 5.55. The van der Waals surface area contributed by atoms with Crippen molar-refractivity contribution in [1.29, 1.82) is 0 Å². The highest BCUT2D eigenvalue weighted by molar-refractivity contribution is 5.44. The minimum Gasteiger partial charge on any atom is -0.365 e. The number of ether oxygens (including phenoxy) is 1. The van der Waals surface area contributed by atoms with Crippen LogP contribution in [0, 0.1) is 11.8 Å². The van der Waals surface area contributed by atoms with Crippen LogP contribution in [-0.4, -0.2) is 6.10 Å². The van der Waals surface area contributed by atoms with Crippen molar-refractivity contribution in [2.24, 2.45) is 0 Å². The number of epoxide rings is 1. The second-order valence-electron chi connectivity index (χ2n) is 5.14. The average Bonchev–Trinajstić information content (AvgIpc) is 3.22. The lowest BCUT2D eigenvalue weighted by atomic mass is 10.0. The van der Waals surface area contributed by atoms with Gasteiger partial charge in [0.25, 0.3) is 0 Å². The van der Waals surface area contributed by atoms with Gasteiger partial charge in [-0.3, -0.25) is 0 Å². The minimum absolute atomic E-state index is 0.245. The molecule has 1 fully saturated rings. The van der Waals surface area contributed by atoms with E-state index in [1.807, 2.05) is 12.1 Å². The van der Waals surface area contributed by atoms with Crippen LogP contribution in [-0.2, 0) is 11.2 Å². The van der Waals surface area contributed by atoms with Gasteiger partial charge in [0.1, 0.15) is 6.10 Å². The minimum atomic E-state index is 0.245. The van der Waals surface area contributed by atoms with Gasteiger partial charge >= 0.3 is 0 Å². The first kappa shape index (κ1) is 13.0. The summed E-state index contributed by atoms with van der Waals surface area (Å²) in [6.07, 6.45) is 2.48. The summed E-state index contributed by atoms with van der Waals surface area (Å²) in [6.45, 7) is 2.10. The highest BCUT2D eigenvalue weighted by Gasteiger charge is 2.36. The van der Waals surface area contributed by atoms with E-state index in [2.05, 4.69) is 61.2 Å². The van der Waals surface area contributed by atoms with Gasteiger partial charge in [-0.25, -0.2) is 0 Å². The van der Waals surface area contributed by atoms with Gasteiger partial charge in [0.15, 0.2) is 0 Å². The van der Waals surface area contributed by atoms with Crippen LogP contribution in [0.15, 0.2) is 54.6 Å². The van der Waals surface area contributed by atoms with E-state index < -0.39 is 0 Å². The normalized spacial score (nSPS) is 20.1. The highest BCUT2D eigenvalue weighted by atomic mass is 16.6. The van der Waals surface area contributed by atoms with Crippen LogP contribution >= 0.6 is 0 Å². The third kappa shape index (κ3) is 3.10. The van der Waals surface area contributed by atoms with Crippen molar-refractivity contribution in [2.75, 3.05) is 0 Å². The molecule has 2 unspecified atom stereocenters. The second kappa shape index (κ2) is 5.94. The molecule has 100 valence electrons. The van der Waals surface area contributed by atoms with Crippen LogP contribution in [0.4, 0.5) is 0 Å². The topological polar surface area (TPSA) is 12.5 Å². The molecule has 0 saturated carbocycles. The Kier molecular flexibility index (Phi) is 3.85. The molecule has 0 aliphatic carbocycles. The van der Waals surface area contributed by atoms with Crippen LogP contribution in [0.5, 0.6) is 0 Å². The fourth-order valence-corrected chi connectivity index (χ4v) is 2.38. The Hall–Kier alpha value is -2.04. The molecule has 1 saturated heterocycles. The van der Waals surface area contributed by atoms with Gasteiger partial charge in [-0.1, -0.05) is 60.4 Å². The lowest BCUT2D eigenvalue weighted by molar-refractivity contribution is 0.383. The van der Waals surface area contributed by atoms with E-state index in [0.717, 1.165) is 18.4 Å². The smallest absolute Gasteiger partial charge is 0.110 e. The Morgan fingerprint density at radius 3 is 2.45 bits per heavy atom. The van der Waals surface area contributed by atoms with Crippen molar-refractivity contribution < 1.29 is 4.74 Å². The van der Waals surface area contributed by atoms with Crippen molar-refractivity contribution in [1.82, 2.24) is 0 Å². The maximum atomic E-state index is 5.55. The number of benzene rings is 2. The number of hydrogen-bond acceptors (Lipinski definition) is 1. The molecular formula is C19H18O. The van der Waals surface area contributed by atoms with Crippen molar-refractivity contribution in [3.63, 3.8) is 0 Å². The summed E-state index contributed by atoms with van der Waals surface area (Å²) in [5.41, 5.74) is 3.68. The summed E-state index contributed by atoms with van der Waals surface area (Å²) in [6, 6.07) is 18.8. The Morgan fingerprint density at radius 1 is 1.00 bits per heavy atom. The van der Waals surface area contributed by atoms with Crippen molar-refractivity contribution in [2.45, 2.75) is 32.0 Å².